The summed E-state index contributed by atoms with van der Waals surface area (Å²) in [5, 5.41) is 0. The Bertz CT molecular complexity index is 2040. The standard InChI is InChI=1S/C54H60N2/c1-4-17-37(18-5-1)40-33-41(38-19-6-2-7-20-38)35-43(34-40)56-50-28-14-12-25-46(50)49-36-39(31-32-52(49)56)44-23-10-11-24-45(44)47-27-16-30-53-54(47)48-26-13-15-29-51(48)55(53)42-21-8-3-9-22-42/h1-2,4-8,10-12,14-15,17-19,21-25,27-29,33-34,38-39,41,44-46,48-54H,3,9,13,16,20,26,30-32,35-36H2. The van der Waals surface area contributed by atoms with E-state index in [0.717, 1.165) is 24.7 Å². The van der Waals surface area contributed by atoms with Crippen molar-refractivity contribution >= 4 is 5.57 Å². The monoisotopic (exact) mass is 736 g/mol. The minimum Gasteiger partial charge on any atom is -0.364 e. The smallest absolute Gasteiger partial charge is 0.0542 e. The summed E-state index contributed by atoms with van der Waals surface area (Å²) in [5.74, 6) is 5.61. The van der Waals surface area contributed by atoms with Crippen molar-refractivity contribution in [1.29, 1.82) is 0 Å². The van der Waals surface area contributed by atoms with Crippen LogP contribution in [0.2, 0.25) is 0 Å². The lowest BCUT2D eigenvalue weighted by molar-refractivity contribution is 0.129. The SMILES string of the molecule is C1=CCC(C2C=C(c3ccccc3)C=C(N3C4C=CC=CC4C4CC(C5C=CC=CC5C5=CCCC6C5C5CCC=CC5N6C5=CCCC=C5)CCC43)C2)C=C1. The molecule has 0 spiro atoms. The quantitative estimate of drug-likeness (QED) is 0.268. The van der Waals surface area contributed by atoms with E-state index in [-0.39, 0.29) is 0 Å². The van der Waals surface area contributed by atoms with Crippen LogP contribution in [-0.4, -0.2) is 34.0 Å². The molecule has 1 aromatic rings. The summed E-state index contributed by atoms with van der Waals surface area (Å²) in [4.78, 5) is 5.87. The van der Waals surface area contributed by atoms with Crippen LogP contribution < -0.4 is 0 Å². The first kappa shape index (κ1) is 34.9. The number of allylic oxidation sites excluding steroid dienone is 19. The van der Waals surface area contributed by atoms with E-state index < -0.39 is 0 Å². The maximum Gasteiger partial charge on any atom is 0.0542 e. The Morgan fingerprint density at radius 2 is 1.46 bits per heavy atom. The van der Waals surface area contributed by atoms with Crippen LogP contribution >= 0.6 is 0 Å². The van der Waals surface area contributed by atoms with Crippen molar-refractivity contribution in [3.05, 3.63) is 174 Å². The lowest BCUT2D eigenvalue weighted by Crippen LogP contribution is -2.42. The van der Waals surface area contributed by atoms with Crippen LogP contribution in [0.15, 0.2) is 169 Å². The first-order chi connectivity index (χ1) is 27.8. The molecule has 0 N–H and O–H groups in total. The van der Waals surface area contributed by atoms with Crippen LogP contribution in [0.5, 0.6) is 0 Å². The summed E-state index contributed by atoms with van der Waals surface area (Å²) in [6.45, 7) is 0. The van der Waals surface area contributed by atoms with Gasteiger partial charge < -0.3 is 9.80 Å². The molecule has 0 amide bonds. The third-order valence-electron chi connectivity index (χ3n) is 16.0. The van der Waals surface area contributed by atoms with E-state index in [2.05, 4.69) is 162 Å². The second kappa shape index (κ2) is 14.9. The molecule has 56 heavy (non-hydrogen) atoms. The van der Waals surface area contributed by atoms with Gasteiger partial charge in [0.05, 0.1) is 12.1 Å². The zero-order valence-electron chi connectivity index (χ0n) is 33.1. The summed E-state index contributed by atoms with van der Waals surface area (Å²) >= 11 is 0. The zero-order chi connectivity index (χ0) is 37.0. The van der Waals surface area contributed by atoms with E-state index in [0.29, 0.717) is 65.6 Å². The van der Waals surface area contributed by atoms with Gasteiger partial charge in [0, 0.05) is 41.2 Å². The summed E-state index contributed by atoms with van der Waals surface area (Å²) < 4.78 is 0. The fourth-order valence-electron chi connectivity index (χ4n) is 13.7. The second-order valence-corrected chi connectivity index (χ2v) is 18.7. The third kappa shape index (κ3) is 6.04. The second-order valence-electron chi connectivity index (χ2n) is 18.7. The largest absolute Gasteiger partial charge is 0.364 e. The molecule has 11 rings (SSSR count). The number of rotatable bonds is 6. The van der Waals surface area contributed by atoms with Crippen molar-refractivity contribution in [3.63, 3.8) is 0 Å². The van der Waals surface area contributed by atoms with E-state index in [1.165, 1.54) is 74.6 Å². The third-order valence-corrected chi connectivity index (χ3v) is 16.0. The molecule has 0 radical (unpaired) electrons. The molecule has 0 aromatic heterocycles. The van der Waals surface area contributed by atoms with Crippen molar-refractivity contribution in [2.45, 2.75) is 94.8 Å². The van der Waals surface area contributed by atoms with Gasteiger partial charge in [0.25, 0.3) is 0 Å². The number of benzene rings is 1. The number of nitrogens with zero attached hydrogens (tertiary/aromatic N) is 2. The molecule has 2 heteroatoms. The van der Waals surface area contributed by atoms with E-state index >= 15 is 0 Å². The fourth-order valence-corrected chi connectivity index (χ4v) is 13.7. The summed E-state index contributed by atoms with van der Waals surface area (Å²) in [5.41, 5.74) is 7.67. The summed E-state index contributed by atoms with van der Waals surface area (Å²) in [6, 6.07) is 13.4. The number of fused-ring (bicyclic) bond motifs is 6. The van der Waals surface area contributed by atoms with Crippen LogP contribution in [-0.2, 0) is 0 Å². The Hall–Kier alpha value is -4.30. The molecule has 2 aliphatic heterocycles. The normalized spacial score (nSPS) is 40.4. The van der Waals surface area contributed by atoms with Gasteiger partial charge in [-0.15, -0.1) is 0 Å². The first-order valence-corrected chi connectivity index (χ1v) is 22.6. The average molecular weight is 737 g/mol. The van der Waals surface area contributed by atoms with Gasteiger partial charge in [-0.3, -0.25) is 0 Å². The highest BCUT2D eigenvalue weighted by molar-refractivity contribution is 5.76. The Balaban J connectivity index is 0.883. The lowest BCUT2D eigenvalue weighted by Gasteiger charge is -2.45. The van der Waals surface area contributed by atoms with Gasteiger partial charge in [0.1, 0.15) is 0 Å². The van der Waals surface area contributed by atoms with Gasteiger partial charge in [0.15, 0.2) is 0 Å². The van der Waals surface area contributed by atoms with Crippen LogP contribution in [0.4, 0.5) is 0 Å². The van der Waals surface area contributed by atoms with Gasteiger partial charge in [-0.2, -0.15) is 0 Å². The van der Waals surface area contributed by atoms with E-state index in [9.17, 15) is 0 Å². The molecule has 1 aromatic carbocycles. The van der Waals surface area contributed by atoms with Crippen LogP contribution in [0.3, 0.4) is 0 Å². The molecule has 10 aliphatic rings. The number of hydrogen-bond acceptors (Lipinski definition) is 2. The Labute approximate surface area is 336 Å². The van der Waals surface area contributed by atoms with Gasteiger partial charge in [-0.1, -0.05) is 145 Å². The molecule has 286 valence electrons. The molecular formula is C54H60N2. The Morgan fingerprint density at radius 1 is 0.589 bits per heavy atom. The summed E-state index contributed by atoms with van der Waals surface area (Å²) in [7, 11) is 0. The van der Waals surface area contributed by atoms with E-state index in [1.807, 2.05) is 0 Å². The highest BCUT2D eigenvalue weighted by atomic mass is 15.2. The average Bonchev–Trinajstić information content (AvgIpc) is 3.80. The minimum atomic E-state index is 0.459. The maximum atomic E-state index is 2.97. The molecule has 13 atom stereocenters. The topological polar surface area (TPSA) is 6.48 Å². The molecule has 1 saturated carbocycles. The zero-order valence-corrected chi connectivity index (χ0v) is 33.1. The van der Waals surface area contributed by atoms with E-state index in [1.54, 1.807) is 11.3 Å². The van der Waals surface area contributed by atoms with Crippen molar-refractivity contribution in [2.24, 2.45) is 53.3 Å². The predicted molar refractivity (Wildman–Crippen MR) is 233 cm³/mol. The van der Waals surface area contributed by atoms with Crippen LogP contribution in [0.25, 0.3) is 5.57 Å². The molecule has 2 nitrogen and oxygen atoms in total. The van der Waals surface area contributed by atoms with Gasteiger partial charge >= 0.3 is 0 Å². The van der Waals surface area contributed by atoms with Crippen molar-refractivity contribution in [2.75, 3.05) is 0 Å². The minimum absolute atomic E-state index is 0.459. The molecule has 8 aliphatic carbocycles. The van der Waals surface area contributed by atoms with Gasteiger partial charge in [-0.25, -0.2) is 0 Å². The maximum absolute atomic E-state index is 2.97. The molecule has 2 saturated heterocycles. The van der Waals surface area contributed by atoms with Crippen molar-refractivity contribution < 1.29 is 0 Å². The predicted octanol–water partition coefficient (Wildman–Crippen LogP) is 12.3. The fraction of sp³-hybridized carbons (Fsp3) is 0.444. The molecule has 0 bridgehead atoms. The van der Waals surface area contributed by atoms with Gasteiger partial charge in [0.2, 0.25) is 0 Å². The molecule has 3 fully saturated rings. The van der Waals surface area contributed by atoms with Crippen LogP contribution in [0, 0.1) is 53.3 Å². The van der Waals surface area contributed by atoms with Crippen molar-refractivity contribution in [1.82, 2.24) is 9.80 Å². The molecule has 2 heterocycles. The highest BCUT2D eigenvalue weighted by Gasteiger charge is 2.54. The van der Waals surface area contributed by atoms with E-state index in [4.69, 9.17) is 0 Å². The van der Waals surface area contributed by atoms with Gasteiger partial charge in [-0.05, 0) is 129 Å². The Morgan fingerprint density at radius 3 is 2.34 bits per heavy atom. The molecule has 13 unspecified atom stereocenters. The summed E-state index contributed by atoms with van der Waals surface area (Å²) in [6.07, 6.45) is 63.6. The highest BCUT2D eigenvalue weighted by Crippen LogP contribution is 2.57. The molecular weight excluding hydrogens is 677 g/mol. The first-order valence-electron chi connectivity index (χ1n) is 22.6. The number of likely N-dealkylation sites (tertiary alicyclic amines) is 2. The number of hydrogen-bond donors (Lipinski definition) is 0. The van der Waals surface area contributed by atoms with Crippen molar-refractivity contribution in [3.8, 4) is 0 Å². The Kier molecular flexibility index (Phi) is 9.28. The van der Waals surface area contributed by atoms with Crippen LogP contribution in [0.1, 0.15) is 76.2 Å². The lowest BCUT2D eigenvalue weighted by atomic mass is 9.61.